The first-order valence-corrected chi connectivity index (χ1v) is 8.61. The molecule has 0 aliphatic carbocycles. The quantitative estimate of drug-likeness (QED) is 0.430. The van der Waals surface area contributed by atoms with Gasteiger partial charge < -0.3 is 0 Å². The zero-order valence-electron chi connectivity index (χ0n) is 14.4. The highest BCUT2D eigenvalue weighted by molar-refractivity contribution is 5.90. The Balaban J connectivity index is 1.91. The van der Waals surface area contributed by atoms with Gasteiger partial charge in [0.15, 0.2) is 0 Å². The van der Waals surface area contributed by atoms with Crippen molar-refractivity contribution in [3.63, 3.8) is 0 Å². The molecule has 0 bridgehead atoms. The maximum atomic E-state index is 12.1. The normalized spacial score (nSPS) is 11.9. The Hall–Kier alpha value is -2.13. The SMILES string of the molecule is CCCCC([CH]OOC(=O)c1cccc(-c2ccccc2)c1)CC. The number of carbonyl (C=O) groups excluding carboxylic acids is 1. The van der Waals surface area contributed by atoms with Crippen LogP contribution in [0.3, 0.4) is 0 Å². The third kappa shape index (κ3) is 5.50. The molecule has 0 fully saturated rings. The number of benzene rings is 2. The van der Waals surface area contributed by atoms with Gasteiger partial charge in [-0.05, 0) is 35.6 Å². The second kappa shape index (κ2) is 9.89. The van der Waals surface area contributed by atoms with Gasteiger partial charge in [0.1, 0.15) is 6.61 Å². The van der Waals surface area contributed by atoms with Gasteiger partial charge in [-0.25, -0.2) is 4.79 Å². The molecule has 0 saturated heterocycles. The Bertz CT molecular complexity index is 622. The van der Waals surface area contributed by atoms with E-state index >= 15 is 0 Å². The molecule has 2 aromatic carbocycles. The first-order chi connectivity index (χ1) is 11.7. The molecule has 0 aliphatic heterocycles. The van der Waals surface area contributed by atoms with Crippen molar-refractivity contribution in [3.05, 3.63) is 66.8 Å². The van der Waals surface area contributed by atoms with Crippen molar-refractivity contribution in [3.8, 4) is 11.1 Å². The number of rotatable bonds is 9. The molecule has 0 heterocycles. The van der Waals surface area contributed by atoms with Crippen LogP contribution >= 0.6 is 0 Å². The third-order valence-corrected chi connectivity index (χ3v) is 4.03. The molecule has 1 radical (unpaired) electrons. The minimum Gasteiger partial charge on any atom is -0.292 e. The van der Waals surface area contributed by atoms with Gasteiger partial charge in [-0.3, -0.25) is 4.89 Å². The van der Waals surface area contributed by atoms with Crippen LogP contribution in [0.4, 0.5) is 0 Å². The Morgan fingerprint density at radius 3 is 2.50 bits per heavy atom. The van der Waals surface area contributed by atoms with E-state index in [1.54, 1.807) is 12.7 Å². The summed E-state index contributed by atoms with van der Waals surface area (Å²) >= 11 is 0. The van der Waals surface area contributed by atoms with Gasteiger partial charge in [-0.2, -0.15) is 4.89 Å². The Morgan fingerprint density at radius 2 is 1.79 bits per heavy atom. The largest absolute Gasteiger partial charge is 0.373 e. The molecule has 0 saturated carbocycles. The van der Waals surface area contributed by atoms with Crippen molar-refractivity contribution in [1.29, 1.82) is 0 Å². The van der Waals surface area contributed by atoms with Crippen molar-refractivity contribution in [2.24, 2.45) is 5.92 Å². The van der Waals surface area contributed by atoms with Gasteiger partial charge >= 0.3 is 5.97 Å². The first kappa shape index (κ1) is 18.2. The molecule has 24 heavy (non-hydrogen) atoms. The highest BCUT2D eigenvalue weighted by atomic mass is 17.2. The minimum atomic E-state index is -0.477. The fraction of sp³-hybridized carbons (Fsp3) is 0.333. The van der Waals surface area contributed by atoms with Crippen LogP contribution in [0.2, 0.25) is 0 Å². The summed E-state index contributed by atoms with van der Waals surface area (Å²) in [4.78, 5) is 22.2. The average Bonchev–Trinajstić information content (AvgIpc) is 2.65. The van der Waals surface area contributed by atoms with Crippen molar-refractivity contribution < 1.29 is 14.6 Å². The van der Waals surface area contributed by atoms with E-state index < -0.39 is 5.97 Å². The van der Waals surface area contributed by atoms with E-state index in [0.29, 0.717) is 11.5 Å². The lowest BCUT2D eigenvalue weighted by molar-refractivity contribution is -0.219. The van der Waals surface area contributed by atoms with E-state index in [1.165, 1.54) is 0 Å². The molecule has 1 unspecified atom stereocenters. The van der Waals surface area contributed by atoms with Crippen molar-refractivity contribution in [2.75, 3.05) is 0 Å². The Kier molecular flexibility index (Phi) is 7.50. The second-order valence-electron chi connectivity index (χ2n) is 5.86. The molecule has 1 atom stereocenters. The van der Waals surface area contributed by atoms with E-state index in [2.05, 4.69) is 13.8 Å². The Morgan fingerprint density at radius 1 is 1.04 bits per heavy atom. The number of unbranched alkanes of at least 4 members (excludes halogenated alkanes) is 1. The third-order valence-electron chi connectivity index (χ3n) is 4.03. The number of hydrogen-bond acceptors (Lipinski definition) is 3. The van der Waals surface area contributed by atoms with Gasteiger partial charge in [0.25, 0.3) is 0 Å². The topological polar surface area (TPSA) is 35.5 Å². The highest BCUT2D eigenvalue weighted by Gasteiger charge is 2.12. The predicted molar refractivity (Wildman–Crippen MR) is 96.0 cm³/mol. The van der Waals surface area contributed by atoms with Crippen LogP contribution in [0, 0.1) is 12.5 Å². The second-order valence-corrected chi connectivity index (χ2v) is 5.86. The van der Waals surface area contributed by atoms with Crippen LogP contribution in [0.15, 0.2) is 54.6 Å². The number of hydrogen-bond donors (Lipinski definition) is 0. The highest BCUT2D eigenvalue weighted by Crippen LogP contribution is 2.21. The fourth-order valence-corrected chi connectivity index (χ4v) is 2.49. The smallest absolute Gasteiger partial charge is 0.292 e. The van der Waals surface area contributed by atoms with Gasteiger partial charge in [0, 0.05) is 0 Å². The monoisotopic (exact) mass is 325 g/mol. The summed E-state index contributed by atoms with van der Waals surface area (Å²) < 4.78 is 0. The maximum absolute atomic E-state index is 12.1. The van der Waals surface area contributed by atoms with Crippen LogP contribution in [0.5, 0.6) is 0 Å². The molecule has 0 N–H and O–H groups in total. The van der Waals surface area contributed by atoms with Gasteiger partial charge in [-0.1, -0.05) is 75.6 Å². The molecule has 2 rings (SSSR count). The minimum absolute atomic E-state index is 0.313. The molecule has 2 aromatic rings. The van der Waals surface area contributed by atoms with E-state index in [1.807, 2.05) is 48.5 Å². The zero-order valence-corrected chi connectivity index (χ0v) is 14.4. The zero-order chi connectivity index (χ0) is 17.2. The molecule has 127 valence electrons. The van der Waals surface area contributed by atoms with Crippen molar-refractivity contribution in [2.45, 2.75) is 39.5 Å². The summed E-state index contributed by atoms with van der Waals surface area (Å²) in [6, 6.07) is 17.3. The molecule has 0 amide bonds. The summed E-state index contributed by atoms with van der Waals surface area (Å²) in [5, 5.41) is 0. The average molecular weight is 325 g/mol. The fourth-order valence-electron chi connectivity index (χ4n) is 2.49. The van der Waals surface area contributed by atoms with Crippen molar-refractivity contribution >= 4 is 5.97 Å². The lowest BCUT2D eigenvalue weighted by Crippen LogP contribution is -2.09. The molecule has 0 aliphatic rings. The van der Waals surface area contributed by atoms with Crippen LogP contribution in [0.1, 0.15) is 49.9 Å². The van der Waals surface area contributed by atoms with E-state index in [4.69, 9.17) is 9.78 Å². The summed E-state index contributed by atoms with van der Waals surface area (Å²) in [6.45, 7) is 5.90. The first-order valence-electron chi connectivity index (χ1n) is 8.61. The van der Waals surface area contributed by atoms with Gasteiger partial charge in [-0.15, -0.1) is 0 Å². The summed E-state index contributed by atoms with van der Waals surface area (Å²) in [5.74, 6) is -0.164. The summed E-state index contributed by atoms with van der Waals surface area (Å²) in [5.41, 5.74) is 2.51. The Labute approximate surface area is 144 Å². The number of carbonyl (C=O) groups is 1. The molecular formula is C21H25O3. The lowest BCUT2D eigenvalue weighted by atomic mass is 10.0. The summed E-state index contributed by atoms with van der Waals surface area (Å²) in [7, 11) is 0. The van der Waals surface area contributed by atoms with Gasteiger partial charge in [0.05, 0.1) is 5.56 Å². The summed E-state index contributed by atoms with van der Waals surface area (Å²) in [6.07, 6.45) is 4.32. The maximum Gasteiger partial charge on any atom is 0.373 e. The van der Waals surface area contributed by atoms with E-state index in [-0.39, 0.29) is 0 Å². The predicted octanol–water partition coefficient (Wildman–Crippen LogP) is 5.82. The molecule has 3 heteroatoms. The standard InChI is InChI=1S/C21H25O3/c1-3-5-10-17(4-2)16-23-24-21(22)20-14-9-13-19(15-20)18-11-7-6-8-12-18/h6-9,11-17H,3-5,10H2,1-2H3. The molecule has 0 aromatic heterocycles. The van der Waals surface area contributed by atoms with Crippen LogP contribution in [-0.4, -0.2) is 5.97 Å². The van der Waals surface area contributed by atoms with E-state index in [0.717, 1.165) is 36.8 Å². The van der Waals surface area contributed by atoms with E-state index in [9.17, 15) is 4.79 Å². The molecular weight excluding hydrogens is 300 g/mol. The van der Waals surface area contributed by atoms with Gasteiger partial charge in [0.2, 0.25) is 0 Å². The molecule has 3 nitrogen and oxygen atoms in total. The van der Waals surface area contributed by atoms with Crippen molar-refractivity contribution in [1.82, 2.24) is 0 Å². The lowest BCUT2D eigenvalue weighted by Gasteiger charge is -2.12. The van der Waals surface area contributed by atoms with Crippen LogP contribution in [-0.2, 0) is 9.78 Å². The molecule has 0 spiro atoms. The van der Waals surface area contributed by atoms with Crippen LogP contribution < -0.4 is 0 Å². The van der Waals surface area contributed by atoms with Crippen LogP contribution in [0.25, 0.3) is 11.1 Å².